The van der Waals surface area contributed by atoms with Crippen LogP contribution in [-0.4, -0.2) is 22.4 Å². The van der Waals surface area contributed by atoms with Crippen LogP contribution < -0.4 is 5.32 Å². The third kappa shape index (κ3) is 2.64. The van der Waals surface area contributed by atoms with Crippen LogP contribution in [0.15, 0.2) is 12.3 Å². The standard InChI is InChI=1S/C13H23N3/c1-3-14-12-8-6-4-5-7-11(12)13-9-10-16(2)15-13/h9-12,14H,3-8H2,1-2H3. The Hall–Kier alpha value is -0.830. The summed E-state index contributed by atoms with van der Waals surface area (Å²) in [5.74, 6) is 0.614. The van der Waals surface area contributed by atoms with Gasteiger partial charge in [-0.1, -0.05) is 26.2 Å². The van der Waals surface area contributed by atoms with E-state index in [1.54, 1.807) is 0 Å². The van der Waals surface area contributed by atoms with Crippen LogP contribution >= 0.6 is 0 Å². The van der Waals surface area contributed by atoms with Gasteiger partial charge < -0.3 is 5.32 Å². The number of hydrogen-bond donors (Lipinski definition) is 1. The minimum atomic E-state index is 0.614. The first-order valence-corrected chi connectivity index (χ1v) is 6.54. The largest absolute Gasteiger partial charge is 0.314 e. The van der Waals surface area contributed by atoms with Gasteiger partial charge in [0.2, 0.25) is 0 Å². The molecule has 0 aliphatic heterocycles. The summed E-state index contributed by atoms with van der Waals surface area (Å²) in [6.45, 7) is 3.26. The van der Waals surface area contributed by atoms with Gasteiger partial charge in [0.25, 0.3) is 0 Å². The topological polar surface area (TPSA) is 29.9 Å². The molecule has 1 aromatic rings. The number of nitrogens with zero attached hydrogens (tertiary/aromatic N) is 2. The predicted molar refractivity (Wildman–Crippen MR) is 66.5 cm³/mol. The van der Waals surface area contributed by atoms with E-state index in [1.807, 2.05) is 11.7 Å². The number of nitrogens with one attached hydrogen (secondary N) is 1. The summed E-state index contributed by atoms with van der Waals surface area (Å²) in [4.78, 5) is 0. The van der Waals surface area contributed by atoms with Gasteiger partial charge in [-0.2, -0.15) is 5.10 Å². The summed E-state index contributed by atoms with van der Waals surface area (Å²) in [6, 6.07) is 2.81. The molecule has 2 atom stereocenters. The highest BCUT2D eigenvalue weighted by Crippen LogP contribution is 2.30. The maximum Gasteiger partial charge on any atom is 0.0670 e. The van der Waals surface area contributed by atoms with Crippen LogP contribution in [0, 0.1) is 0 Å². The van der Waals surface area contributed by atoms with Crippen molar-refractivity contribution in [1.29, 1.82) is 0 Å². The highest BCUT2D eigenvalue weighted by Gasteiger charge is 2.25. The predicted octanol–water partition coefficient (Wildman–Crippen LogP) is 2.45. The molecule has 1 aliphatic carbocycles. The lowest BCUT2D eigenvalue weighted by molar-refractivity contribution is 0.411. The fourth-order valence-electron chi connectivity index (χ4n) is 2.80. The zero-order valence-electron chi connectivity index (χ0n) is 10.4. The smallest absolute Gasteiger partial charge is 0.0670 e. The van der Waals surface area contributed by atoms with Gasteiger partial charge >= 0.3 is 0 Å². The van der Waals surface area contributed by atoms with E-state index in [0.717, 1.165) is 6.54 Å². The second kappa shape index (κ2) is 5.48. The van der Waals surface area contributed by atoms with Gasteiger partial charge in [-0.15, -0.1) is 0 Å². The van der Waals surface area contributed by atoms with Crippen LogP contribution in [0.2, 0.25) is 0 Å². The summed E-state index contributed by atoms with van der Waals surface area (Å²) >= 11 is 0. The van der Waals surface area contributed by atoms with Crippen LogP contribution in [0.4, 0.5) is 0 Å². The van der Waals surface area contributed by atoms with E-state index in [1.165, 1.54) is 37.8 Å². The van der Waals surface area contributed by atoms with E-state index in [4.69, 9.17) is 0 Å². The van der Waals surface area contributed by atoms with Crippen LogP contribution in [0.5, 0.6) is 0 Å². The van der Waals surface area contributed by atoms with Crippen molar-refractivity contribution >= 4 is 0 Å². The van der Waals surface area contributed by atoms with E-state index in [-0.39, 0.29) is 0 Å². The van der Waals surface area contributed by atoms with Crippen molar-refractivity contribution in [1.82, 2.24) is 15.1 Å². The minimum absolute atomic E-state index is 0.614. The lowest BCUT2D eigenvalue weighted by atomic mass is 9.91. The molecule has 3 nitrogen and oxygen atoms in total. The maximum atomic E-state index is 4.59. The highest BCUT2D eigenvalue weighted by molar-refractivity contribution is 5.10. The normalized spacial score (nSPS) is 26.6. The molecule has 1 aliphatic rings. The molecule has 1 fully saturated rings. The molecule has 1 aromatic heterocycles. The quantitative estimate of drug-likeness (QED) is 0.795. The Bertz CT molecular complexity index is 319. The van der Waals surface area contributed by atoms with Crippen LogP contribution in [0.3, 0.4) is 0 Å². The Morgan fingerprint density at radius 1 is 1.38 bits per heavy atom. The molecule has 0 saturated heterocycles. The van der Waals surface area contributed by atoms with Crippen LogP contribution in [0.25, 0.3) is 0 Å². The number of likely N-dealkylation sites (N-methyl/N-ethyl adjacent to an activating group) is 1. The van der Waals surface area contributed by atoms with Crippen molar-refractivity contribution < 1.29 is 0 Å². The van der Waals surface area contributed by atoms with Crippen LogP contribution in [-0.2, 0) is 7.05 Å². The number of aryl methyl sites for hydroxylation is 1. The zero-order valence-corrected chi connectivity index (χ0v) is 10.4. The average molecular weight is 221 g/mol. The van der Waals surface area contributed by atoms with E-state index in [0.29, 0.717) is 12.0 Å². The second-order valence-corrected chi connectivity index (χ2v) is 4.82. The molecule has 1 saturated carbocycles. The van der Waals surface area contributed by atoms with Crippen molar-refractivity contribution in [2.45, 2.75) is 51.0 Å². The average Bonchev–Trinajstić information content (AvgIpc) is 2.56. The van der Waals surface area contributed by atoms with Crippen molar-refractivity contribution in [2.75, 3.05) is 6.54 Å². The van der Waals surface area contributed by atoms with Gasteiger partial charge in [0.05, 0.1) is 5.69 Å². The molecular formula is C13H23N3. The third-order valence-electron chi connectivity index (χ3n) is 3.60. The first-order chi connectivity index (χ1) is 7.81. The van der Waals surface area contributed by atoms with E-state index in [2.05, 4.69) is 29.6 Å². The lowest BCUT2D eigenvalue weighted by Gasteiger charge is -2.24. The molecule has 0 amide bonds. The molecule has 16 heavy (non-hydrogen) atoms. The van der Waals surface area contributed by atoms with Crippen molar-refractivity contribution in [3.8, 4) is 0 Å². The molecule has 1 heterocycles. The first-order valence-electron chi connectivity index (χ1n) is 6.54. The van der Waals surface area contributed by atoms with Crippen molar-refractivity contribution in [3.05, 3.63) is 18.0 Å². The molecule has 3 heteroatoms. The van der Waals surface area contributed by atoms with Gasteiger partial charge in [-0.25, -0.2) is 0 Å². The molecule has 0 radical (unpaired) electrons. The second-order valence-electron chi connectivity index (χ2n) is 4.82. The minimum Gasteiger partial charge on any atom is -0.314 e. The Balaban J connectivity index is 2.13. The SMILES string of the molecule is CCNC1CCCCCC1c1ccn(C)n1. The Kier molecular flexibility index (Phi) is 3.99. The van der Waals surface area contributed by atoms with Crippen molar-refractivity contribution in [2.24, 2.45) is 7.05 Å². The lowest BCUT2D eigenvalue weighted by Crippen LogP contribution is -2.34. The fraction of sp³-hybridized carbons (Fsp3) is 0.769. The van der Waals surface area contributed by atoms with E-state index >= 15 is 0 Å². The number of hydrogen-bond acceptors (Lipinski definition) is 2. The van der Waals surface area contributed by atoms with E-state index < -0.39 is 0 Å². The molecule has 2 rings (SSSR count). The Labute approximate surface area is 98.2 Å². The van der Waals surface area contributed by atoms with Gasteiger partial charge in [-0.05, 0) is 25.5 Å². The number of rotatable bonds is 3. The summed E-state index contributed by atoms with van der Waals surface area (Å²) in [7, 11) is 2.00. The molecule has 0 bridgehead atoms. The fourth-order valence-corrected chi connectivity index (χ4v) is 2.80. The molecule has 1 N–H and O–H groups in total. The first kappa shape index (κ1) is 11.6. The zero-order chi connectivity index (χ0) is 11.4. The molecule has 0 spiro atoms. The highest BCUT2D eigenvalue weighted by atomic mass is 15.2. The van der Waals surface area contributed by atoms with Crippen LogP contribution in [0.1, 0.15) is 50.6 Å². The monoisotopic (exact) mass is 221 g/mol. The van der Waals surface area contributed by atoms with Crippen molar-refractivity contribution in [3.63, 3.8) is 0 Å². The summed E-state index contributed by atoms with van der Waals surface area (Å²) in [5, 5.41) is 8.22. The maximum absolute atomic E-state index is 4.59. The molecule has 0 aromatic carbocycles. The number of aromatic nitrogens is 2. The molecule has 2 unspecified atom stereocenters. The van der Waals surface area contributed by atoms with Gasteiger partial charge in [0.15, 0.2) is 0 Å². The summed E-state index contributed by atoms with van der Waals surface area (Å²) in [6.07, 6.45) is 8.74. The molecular weight excluding hydrogens is 198 g/mol. The summed E-state index contributed by atoms with van der Waals surface area (Å²) in [5.41, 5.74) is 1.27. The van der Waals surface area contributed by atoms with Gasteiger partial charge in [0, 0.05) is 25.2 Å². The van der Waals surface area contributed by atoms with Gasteiger partial charge in [-0.3, -0.25) is 4.68 Å². The third-order valence-corrected chi connectivity index (χ3v) is 3.60. The molecule has 90 valence electrons. The summed E-state index contributed by atoms with van der Waals surface area (Å²) < 4.78 is 1.92. The Morgan fingerprint density at radius 2 is 2.19 bits per heavy atom. The van der Waals surface area contributed by atoms with E-state index in [9.17, 15) is 0 Å². The van der Waals surface area contributed by atoms with Gasteiger partial charge in [0.1, 0.15) is 0 Å². The Morgan fingerprint density at radius 3 is 2.88 bits per heavy atom.